The normalized spacial score (nSPS) is 16.1. The first-order valence-electron chi connectivity index (χ1n) is 7.42. The average molecular weight is 373 g/mol. The van der Waals surface area contributed by atoms with E-state index in [-0.39, 0.29) is 11.8 Å². The fourth-order valence-corrected chi connectivity index (χ4v) is 3.18. The van der Waals surface area contributed by atoms with Crippen LogP contribution in [-0.4, -0.2) is 17.9 Å². The molecule has 1 N–H and O–H groups in total. The Morgan fingerprint density at radius 3 is 2.65 bits per heavy atom. The van der Waals surface area contributed by atoms with Crippen molar-refractivity contribution in [2.45, 2.75) is 26.3 Å². The quantitative estimate of drug-likeness (QED) is 0.873. The summed E-state index contributed by atoms with van der Waals surface area (Å²) in [7, 11) is 0. The molecule has 0 spiro atoms. The van der Waals surface area contributed by atoms with Crippen LogP contribution in [0.15, 0.2) is 46.9 Å². The van der Waals surface area contributed by atoms with E-state index in [1.807, 2.05) is 49.4 Å². The van der Waals surface area contributed by atoms with Gasteiger partial charge in [0.15, 0.2) is 0 Å². The van der Waals surface area contributed by atoms with E-state index >= 15 is 0 Å². The average Bonchev–Trinajstić information content (AvgIpc) is 2.90. The summed E-state index contributed by atoms with van der Waals surface area (Å²) in [5.41, 5.74) is 3.62. The molecule has 23 heavy (non-hydrogen) atoms. The van der Waals surface area contributed by atoms with Gasteiger partial charge in [0.2, 0.25) is 11.8 Å². The first kappa shape index (κ1) is 15.7. The summed E-state index contributed by atoms with van der Waals surface area (Å²) < 4.78 is 0.995. The Morgan fingerprint density at radius 1 is 1.22 bits per heavy atom. The summed E-state index contributed by atoms with van der Waals surface area (Å²) >= 11 is 3.44. The molecule has 1 unspecified atom stereocenters. The maximum atomic E-state index is 12.7. The van der Waals surface area contributed by atoms with Crippen LogP contribution in [0.1, 0.15) is 18.1 Å². The van der Waals surface area contributed by atoms with Crippen molar-refractivity contribution < 1.29 is 9.59 Å². The Labute approximate surface area is 143 Å². The molecule has 2 aromatic carbocycles. The minimum atomic E-state index is -0.506. The van der Waals surface area contributed by atoms with Crippen molar-refractivity contribution in [3.8, 4) is 0 Å². The number of nitrogens with zero attached hydrogens (tertiary/aromatic N) is 1. The Hall–Kier alpha value is -2.14. The van der Waals surface area contributed by atoms with Gasteiger partial charge in [0.05, 0.1) is 0 Å². The smallest absolute Gasteiger partial charge is 0.247 e. The highest BCUT2D eigenvalue weighted by molar-refractivity contribution is 9.10. The molecule has 0 radical (unpaired) electrons. The summed E-state index contributed by atoms with van der Waals surface area (Å²) in [5, 5.41) is 2.92. The first-order chi connectivity index (χ1) is 11.0. The van der Waals surface area contributed by atoms with Gasteiger partial charge < -0.3 is 5.32 Å². The zero-order chi connectivity index (χ0) is 16.6. The minimum absolute atomic E-state index is 0.123. The zero-order valence-corrected chi connectivity index (χ0v) is 14.6. The zero-order valence-electron chi connectivity index (χ0n) is 13.0. The summed E-state index contributed by atoms with van der Waals surface area (Å²) in [4.78, 5) is 26.3. The summed E-state index contributed by atoms with van der Waals surface area (Å²) in [6.45, 7) is 3.46. The van der Waals surface area contributed by atoms with E-state index in [2.05, 4.69) is 21.2 Å². The largest absolute Gasteiger partial charge is 0.324 e. The van der Waals surface area contributed by atoms with Crippen LogP contribution >= 0.6 is 15.9 Å². The molecule has 2 aromatic rings. The molecular weight excluding hydrogens is 356 g/mol. The van der Waals surface area contributed by atoms with E-state index in [1.54, 1.807) is 4.90 Å². The van der Waals surface area contributed by atoms with E-state index in [9.17, 15) is 9.59 Å². The molecule has 118 valence electrons. The van der Waals surface area contributed by atoms with Crippen molar-refractivity contribution in [3.63, 3.8) is 0 Å². The second kappa shape index (κ2) is 6.16. The predicted octanol–water partition coefficient (Wildman–Crippen LogP) is 3.67. The number of para-hydroxylation sites is 1. The number of hydrogen-bond acceptors (Lipinski definition) is 2. The van der Waals surface area contributed by atoms with E-state index in [4.69, 9.17) is 0 Å². The molecule has 5 heteroatoms. The topological polar surface area (TPSA) is 49.4 Å². The fourth-order valence-electron chi connectivity index (χ4n) is 2.93. The van der Waals surface area contributed by atoms with Crippen LogP contribution in [0, 0.1) is 6.92 Å². The molecule has 1 atom stereocenters. The van der Waals surface area contributed by atoms with Crippen molar-refractivity contribution >= 4 is 39.1 Å². The molecule has 1 aliphatic rings. The number of halogens is 1. The summed E-state index contributed by atoms with van der Waals surface area (Å²) in [5.74, 6) is -0.291. The Bertz CT molecular complexity index is 788. The summed E-state index contributed by atoms with van der Waals surface area (Å²) in [6.07, 6.45) is 0.539. The van der Waals surface area contributed by atoms with Gasteiger partial charge in [0.25, 0.3) is 0 Å². The maximum absolute atomic E-state index is 12.7. The number of rotatable bonds is 2. The highest BCUT2D eigenvalue weighted by atomic mass is 79.9. The van der Waals surface area contributed by atoms with E-state index in [0.717, 1.165) is 27.0 Å². The Morgan fingerprint density at radius 2 is 1.96 bits per heavy atom. The number of fused-ring (bicyclic) bond motifs is 1. The van der Waals surface area contributed by atoms with Gasteiger partial charge >= 0.3 is 0 Å². The SMILES string of the molecule is CC(=O)N1c2ccccc2CC1C(=O)Nc1ccc(Br)c(C)c1. The number of carbonyl (C=O) groups excluding carboxylic acids is 2. The lowest BCUT2D eigenvalue weighted by atomic mass is 10.1. The van der Waals surface area contributed by atoms with Crippen molar-refractivity contribution in [2.75, 3.05) is 10.2 Å². The van der Waals surface area contributed by atoms with Crippen LogP contribution in [-0.2, 0) is 16.0 Å². The van der Waals surface area contributed by atoms with Crippen molar-refractivity contribution in [1.82, 2.24) is 0 Å². The molecule has 0 fully saturated rings. The maximum Gasteiger partial charge on any atom is 0.247 e. The number of benzene rings is 2. The lowest BCUT2D eigenvalue weighted by Gasteiger charge is -2.23. The monoisotopic (exact) mass is 372 g/mol. The number of aryl methyl sites for hydroxylation is 1. The molecule has 2 amide bonds. The summed E-state index contributed by atoms with van der Waals surface area (Å²) in [6, 6.07) is 12.8. The van der Waals surface area contributed by atoms with Gasteiger partial charge in [0, 0.05) is 29.2 Å². The number of carbonyl (C=O) groups is 2. The number of anilines is 2. The van der Waals surface area contributed by atoms with Crippen molar-refractivity contribution in [2.24, 2.45) is 0 Å². The molecule has 4 nitrogen and oxygen atoms in total. The molecule has 1 aliphatic heterocycles. The second-order valence-corrected chi connectivity index (χ2v) is 6.55. The molecule has 0 saturated carbocycles. The second-order valence-electron chi connectivity index (χ2n) is 5.69. The van der Waals surface area contributed by atoms with Gasteiger partial charge in [-0.1, -0.05) is 34.1 Å². The van der Waals surface area contributed by atoms with Gasteiger partial charge in [-0.05, 0) is 42.3 Å². The molecule has 0 aliphatic carbocycles. The highest BCUT2D eigenvalue weighted by Gasteiger charge is 2.36. The first-order valence-corrected chi connectivity index (χ1v) is 8.21. The highest BCUT2D eigenvalue weighted by Crippen LogP contribution is 2.32. The van der Waals surface area contributed by atoms with Crippen LogP contribution in [0.4, 0.5) is 11.4 Å². The molecule has 3 rings (SSSR count). The van der Waals surface area contributed by atoms with E-state index < -0.39 is 6.04 Å². The fraction of sp³-hybridized carbons (Fsp3) is 0.222. The van der Waals surface area contributed by atoms with Crippen molar-refractivity contribution in [3.05, 3.63) is 58.1 Å². The molecule has 0 bridgehead atoms. The predicted molar refractivity (Wildman–Crippen MR) is 94.6 cm³/mol. The number of amides is 2. The van der Waals surface area contributed by atoms with Gasteiger partial charge in [-0.25, -0.2) is 0 Å². The van der Waals surface area contributed by atoms with Crippen LogP contribution in [0.5, 0.6) is 0 Å². The van der Waals surface area contributed by atoms with E-state index in [0.29, 0.717) is 6.42 Å². The molecule has 0 aromatic heterocycles. The Balaban J connectivity index is 1.85. The van der Waals surface area contributed by atoms with Gasteiger partial charge in [-0.3, -0.25) is 14.5 Å². The van der Waals surface area contributed by atoms with Crippen LogP contribution < -0.4 is 10.2 Å². The molecule has 0 saturated heterocycles. The minimum Gasteiger partial charge on any atom is -0.324 e. The Kier molecular flexibility index (Phi) is 4.22. The molecular formula is C18H17BrN2O2. The van der Waals surface area contributed by atoms with E-state index in [1.165, 1.54) is 6.92 Å². The third kappa shape index (κ3) is 3.01. The molecule has 1 heterocycles. The third-order valence-corrected chi connectivity index (χ3v) is 4.93. The van der Waals surface area contributed by atoms with Crippen LogP contribution in [0.2, 0.25) is 0 Å². The van der Waals surface area contributed by atoms with Gasteiger partial charge in [0.1, 0.15) is 6.04 Å². The number of nitrogens with one attached hydrogen (secondary N) is 1. The number of hydrogen-bond donors (Lipinski definition) is 1. The lowest BCUT2D eigenvalue weighted by molar-refractivity contribution is -0.122. The van der Waals surface area contributed by atoms with Crippen LogP contribution in [0.25, 0.3) is 0 Å². The lowest BCUT2D eigenvalue weighted by Crippen LogP contribution is -2.44. The van der Waals surface area contributed by atoms with Crippen molar-refractivity contribution in [1.29, 1.82) is 0 Å². The standard InChI is InChI=1S/C18H17BrN2O2/c1-11-9-14(7-8-15(11)19)20-18(23)17-10-13-5-3-4-6-16(13)21(17)12(2)22/h3-9,17H,10H2,1-2H3,(H,20,23). The van der Waals surface area contributed by atoms with Gasteiger partial charge in [-0.2, -0.15) is 0 Å². The van der Waals surface area contributed by atoms with Crippen LogP contribution in [0.3, 0.4) is 0 Å². The van der Waals surface area contributed by atoms with Gasteiger partial charge in [-0.15, -0.1) is 0 Å². The third-order valence-electron chi connectivity index (χ3n) is 4.04.